The van der Waals surface area contributed by atoms with E-state index in [0.717, 1.165) is 12.5 Å². The summed E-state index contributed by atoms with van der Waals surface area (Å²) < 4.78 is 0. The lowest BCUT2D eigenvalue weighted by molar-refractivity contribution is 0.353. The van der Waals surface area contributed by atoms with Crippen molar-refractivity contribution in [2.45, 2.75) is 26.2 Å². The van der Waals surface area contributed by atoms with Crippen LogP contribution in [0.4, 0.5) is 0 Å². The fraction of sp³-hybridized carbons (Fsp3) is 0.647. The van der Waals surface area contributed by atoms with Crippen molar-refractivity contribution in [1.82, 2.24) is 10.6 Å². The second kappa shape index (κ2) is 13.5. The zero-order valence-electron chi connectivity index (χ0n) is 13.8. The molecule has 0 saturated carbocycles. The Balaban J connectivity index is 0.000000641. The van der Waals surface area contributed by atoms with Gasteiger partial charge in [-0.1, -0.05) is 44.2 Å². The quantitative estimate of drug-likeness (QED) is 0.891. The van der Waals surface area contributed by atoms with Gasteiger partial charge >= 0.3 is 0 Å². The van der Waals surface area contributed by atoms with Crippen molar-refractivity contribution in [3.63, 3.8) is 0 Å². The summed E-state index contributed by atoms with van der Waals surface area (Å²) in [5.74, 6) is 2.86. The summed E-state index contributed by atoms with van der Waals surface area (Å²) >= 11 is 1.98. The van der Waals surface area contributed by atoms with Crippen LogP contribution in [-0.2, 0) is 0 Å². The zero-order chi connectivity index (χ0) is 15.2. The van der Waals surface area contributed by atoms with Gasteiger partial charge in [-0.2, -0.15) is 11.8 Å². The van der Waals surface area contributed by atoms with E-state index in [1.807, 2.05) is 39.7 Å². The molecular weight excluding hydrogens is 264 g/mol. The Labute approximate surface area is 130 Å². The number of piperidine rings is 1. The fourth-order valence-electron chi connectivity index (χ4n) is 2.42. The summed E-state index contributed by atoms with van der Waals surface area (Å²) in [5.41, 5.74) is 1.50. The van der Waals surface area contributed by atoms with E-state index in [1.54, 1.807) is 0 Å². The maximum Gasteiger partial charge on any atom is 0.00231 e. The summed E-state index contributed by atoms with van der Waals surface area (Å²) in [7, 11) is 3.75. The van der Waals surface area contributed by atoms with Crippen LogP contribution in [0.5, 0.6) is 0 Å². The van der Waals surface area contributed by atoms with Crippen molar-refractivity contribution in [3.05, 3.63) is 35.9 Å². The molecule has 1 heterocycles. The lowest BCUT2D eigenvalue weighted by Gasteiger charge is -2.32. The van der Waals surface area contributed by atoms with Gasteiger partial charge in [0.1, 0.15) is 0 Å². The Bertz CT molecular complexity index is 301. The third-order valence-electron chi connectivity index (χ3n) is 3.23. The van der Waals surface area contributed by atoms with Crippen LogP contribution in [0.15, 0.2) is 30.3 Å². The molecule has 1 aliphatic rings. The number of rotatable bonds is 3. The van der Waals surface area contributed by atoms with Crippen LogP contribution in [0.25, 0.3) is 0 Å². The first-order valence-corrected chi connectivity index (χ1v) is 9.06. The molecule has 3 heteroatoms. The maximum atomic E-state index is 3.51. The van der Waals surface area contributed by atoms with Crippen molar-refractivity contribution in [2.24, 2.45) is 5.92 Å². The Morgan fingerprint density at radius 1 is 1.20 bits per heavy atom. The minimum absolute atomic E-state index is 0.715. The third kappa shape index (κ3) is 7.32. The first-order chi connectivity index (χ1) is 9.83. The molecule has 0 aliphatic carbocycles. The van der Waals surface area contributed by atoms with Crippen LogP contribution in [0.1, 0.15) is 31.7 Å². The van der Waals surface area contributed by atoms with Crippen molar-refractivity contribution in [2.75, 3.05) is 39.2 Å². The smallest absolute Gasteiger partial charge is 0.00231 e. The van der Waals surface area contributed by atoms with Crippen LogP contribution in [0.2, 0.25) is 0 Å². The largest absolute Gasteiger partial charge is 0.323 e. The Morgan fingerprint density at radius 2 is 1.80 bits per heavy atom. The zero-order valence-corrected chi connectivity index (χ0v) is 14.6. The monoisotopic (exact) mass is 296 g/mol. The average molecular weight is 297 g/mol. The molecule has 2 nitrogen and oxygen atoms in total. The Morgan fingerprint density at radius 3 is 2.35 bits per heavy atom. The lowest BCUT2D eigenvalue weighted by atomic mass is 9.83. The summed E-state index contributed by atoms with van der Waals surface area (Å²) in [6.07, 6.45) is 3.53. The topological polar surface area (TPSA) is 24.1 Å². The van der Waals surface area contributed by atoms with Crippen LogP contribution >= 0.6 is 11.8 Å². The van der Waals surface area contributed by atoms with Gasteiger partial charge in [0, 0.05) is 12.5 Å². The fourth-order valence-corrected chi connectivity index (χ4v) is 3.24. The SMILES string of the molecule is CC.CNC.CSCC1CCNCC1c1ccccc1. The van der Waals surface area contributed by atoms with E-state index in [9.17, 15) is 0 Å². The summed E-state index contributed by atoms with van der Waals surface area (Å²) in [6.45, 7) is 6.34. The van der Waals surface area contributed by atoms with Gasteiger partial charge in [0.25, 0.3) is 0 Å². The van der Waals surface area contributed by atoms with Crippen LogP contribution in [0, 0.1) is 5.92 Å². The lowest BCUT2D eigenvalue weighted by Crippen LogP contribution is -2.36. The van der Waals surface area contributed by atoms with Gasteiger partial charge in [-0.05, 0) is 50.6 Å². The minimum Gasteiger partial charge on any atom is -0.323 e. The molecular formula is C17H32N2S. The standard InChI is InChI=1S/C13H19NS.C2H7N.C2H6/c1-15-10-12-7-8-14-9-13(12)11-5-3-2-4-6-11;1-3-2;1-2/h2-6,12-14H,7-10H2,1H3;3H,1-2H3;1-2H3. The second-order valence-electron chi connectivity index (χ2n) is 4.73. The molecule has 0 spiro atoms. The van der Waals surface area contributed by atoms with Gasteiger partial charge in [0.2, 0.25) is 0 Å². The molecule has 0 amide bonds. The van der Waals surface area contributed by atoms with Crippen LogP contribution < -0.4 is 10.6 Å². The van der Waals surface area contributed by atoms with Crippen molar-refractivity contribution < 1.29 is 0 Å². The summed E-state index contributed by atoms with van der Waals surface area (Å²) in [5, 5.41) is 6.26. The molecule has 1 fully saturated rings. The molecule has 2 atom stereocenters. The van der Waals surface area contributed by atoms with E-state index >= 15 is 0 Å². The van der Waals surface area contributed by atoms with Gasteiger partial charge in [-0.25, -0.2) is 0 Å². The molecule has 1 aromatic rings. The van der Waals surface area contributed by atoms with Gasteiger partial charge < -0.3 is 10.6 Å². The van der Waals surface area contributed by atoms with E-state index in [1.165, 1.54) is 24.3 Å². The molecule has 1 aliphatic heterocycles. The summed E-state index contributed by atoms with van der Waals surface area (Å²) in [4.78, 5) is 0. The number of nitrogens with one attached hydrogen (secondary N) is 2. The highest BCUT2D eigenvalue weighted by atomic mass is 32.2. The molecule has 20 heavy (non-hydrogen) atoms. The molecule has 2 unspecified atom stereocenters. The highest BCUT2D eigenvalue weighted by molar-refractivity contribution is 7.98. The number of benzene rings is 1. The molecule has 0 radical (unpaired) electrons. The molecule has 0 aromatic heterocycles. The number of thioether (sulfide) groups is 1. The first kappa shape index (κ1) is 19.5. The molecule has 2 rings (SSSR count). The first-order valence-electron chi connectivity index (χ1n) is 7.66. The Kier molecular flexibility index (Phi) is 13.1. The number of hydrogen-bond acceptors (Lipinski definition) is 3. The van der Waals surface area contributed by atoms with Crippen LogP contribution in [0.3, 0.4) is 0 Å². The molecule has 116 valence electrons. The van der Waals surface area contributed by atoms with Gasteiger partial charge in [-0.15, -0.1) is 0 Å². The van der Waals surface area contributed by atoms with E-state index in [2.05, 4.69) is 47.2 Å². The summed E-state index contributed by atoms with van der Waals surface area (Å²) in [6, 6.07) is 10.9. The highest BCUT2D eigenvalue weighted by Gasteiger charge is 2.25. The predicted octanol–water partition coefficient (Wildman–Crippen LogP) is 3.60. The molecule has 1 aromatic carbocycles. The molecule has 1 saturated heterocycles. The van der Waals surface area contributed by atoms with Crippen molar-refractivity contribution >= 4 is 11.8 Å². The predicted molar refractivity (Wildman–Crippen MR) is 94.9 cm³/mol. The average Bonchev–Trinajstić information content (AvgIpc) is 2.52. The van der Waals surface area contributed by atoms with E-state index in [0.29, 0.717) is 5.92 Å². The van der Waals surface area contributed by atoms with Gasteiger partial charge in [-0.3, -0.25) is 0 Å². The van der Waals surface area contributed by atoms with Crippen molar-refractivity contribution in [1.29, 1.82) is 0 Å². The van der Waals surface area contributed by atoms with E-state index < -0.39 is 0 Å². The van der Waals surface area contributed by atoms with E-state index in [-0.39, 0.29) is 0 Å². The Hall–Kier alpha value is -0.510. The normalized spacial score (nSPS) is 21.1. The van der Waals surface area contributed by atoms with Gasteiger partial charge in [0.05, 0.1) is 0 Å². The van der Waals surface area contributed by atoms with Crippen LogP contribution in [-0.4, -0.2) is 39.2 Å². The second-order valence-corrected chi connectivity index (χ2v) is 5.64. The minimum atomic E-state index is 0.715. The third-order valence-corrected chi connectivity index (χ3v) is 4.00. The molecule has 2 N–H and O–H groups in total. The maximum absolute atomic E-state index is 3.51. The van der Waals surface area contributed by atoms with E-state index in [4.69, 9.17) is 0 Å². The molecule has 0 bridgehead atoms. The van der Waals surface area contributed by atoms with Gasteiger partial charge in [0.15, 0.2) is 0 Å². The number of hydrogen-bond donors (Lipinski definition) is 2. The highest BCUT2D eigenvalue weighted by Crippen LogP contribution is 2.31. The van der Waals surface area contributed by atoms with Crippen molar-refractivity contribution in [3.8, 4) is 0 Å².